The number of unbranched alkanes of at least 4 members (excludes halogenated alkanes) is 27. The van der Waals surface area contributed by atoms with Gasteiger partial charge in [-0.2, -0.15) is 0 Å². The lowest BCUT2D eigenvalue weighted by atomic mass is 10.1. The summed E-state index contributed by atoms with van der Waals surface area (Å²) in [5, 5.41) is 0. The first-order valence-electron chi connectivity index (χ1n) is 26.5. The number of allylic oxidation sites excluding steroid dienone is 12. The van der Waals surface area contributed by atoms with E-state index in [1.165, 1.54) is 116 Å². The van der Waals surface area contributed by atoms with Gasteiger partial charge in [0.25, 0.3) is 0 Å². The molecule has 0 spiro atoms. The summed E-state index contributed by atoms with van der Waals surface area (Å²) < 4.78 is 16.8. The topological polar surface area (TPSA) is 78.9 Å². The number of hydrogen-bond acceptors (Lipinski definition) is 6. The molecule has 0 amide bonds. The van der Waals surface area contributed by atoms with Gasteiger partial charge in [0, 0.05) is 19.3 Å². The molecular formula is C57H98O6. The minimum Gasteiger partial charge on any atom is -0.462 e. The van der Waals surface area contributed by atoms with Crippen molar-refractivity contribution in [1.82, 2.24) is 0 Å². The molecule has 6 nitrogen and oxygen atoms in total. The summed E-state index contributed by atoms with van der Waals surface area (Å²) in [4.78, 5) is 38.0. The van der Waals surface area contributed by atoms with Gasteiger partial charge in [-0.1, -0.05) is 216 Å². The van der Waals surface area contributed by atoms with Crippen LogP contribution in [0.5, 0.6) is 0 Å². The van der Waals surface area contributed by atoms with Crippen LogP contribution in [0.15, 0.2) is 72.9 Å². The van der Waals surface area contributed by atoms with Crippen LogP contribution in [0.25, 0.3) is 0 Å². The predicted molar refractivity (Wildman–Crippen MR) is 270 cm³/mol. The molecule has 0 rings (SSSR count). The highest BCUT2D eigenvalue weighted by Gasteiger charge is 2.19. The highest BCUT2D eigenvalue weighted by Crippen LogP contribution is 2.14. The van der Waals surface area contributed by atoms with Gasteiger partial charge in [-0.05, 0) is 89.9 Å². The minimum absolute atomic E-state index is 0.0920. The molecule has 1 atom stereocenters. The molecule has 63 heavy (non-hydrogen) atoms. The highest BCUT2D eigenvalue weighted by molar-refractivity contribution is 5.71. The molecule has 362 valence electrons. The lowest BCUT2D eigenvalue weighted by molar-refractivity contribution is -0.167. The van der Waals surface area contributed by atoms with Gasteiger partial charge in [-0.3, -0.25) is 14.4 Å². The van der Waals surface area contributed by atoms with Gasteiger partial charge in [-0.25, -0.2) is 0 Å². The Morgan fingerprint density at radius 3 is 1.03 bits per heavy atom. The zero-order valence-corrected chi connectivity index (χ0v) is 41.3. The van der Waals surface area contributed by atoms with E-state index in [1.54, 1.807) is 0 Å². The molecule has 0 radical (unpaired) electrons. The Morgan fingerprint density at radius 1 is 0.333 bits per heavy atom. The van der Waals surface area contributed by atoms with Gasteiger partial charge >= 0.3 is 17.9 Å². The van der Waals surface area contributed by atoms with E-state index < -0.39 is 6.10 Å². The molecule has 0 aliphatic carbocycles. The second kappa shape index (κ2) is 51.5. The molecule has 0 saturated carbocycles. The van der Waals surface area contributed by atoms with E-state index in [0.29, 0.717) is 19.3 Å². The van der Waals surface area contributed by atoms with Crippen LogP contribution >= 0.6 is 0 Å². The van der Waals surface area contributed by atoms with Gasteiger partial charge in [0.1, 0.15) is 13.2 Å². The zero-order chi connectivity index (χ0) is 45.8. The van der Waals surface area contributed by atoms with Crippen LogP contribution in [-0.4, -0.2) is 37.2 Å². The number of esters is 3. The molecule has 0 N–H and O–H groups in total. The van der Waals surface area contributed by atoms with Gasteiger partial charge < -0.3 is 14.2 Å². The van der Waals surface area contributed by atoms with Crippen LogP contribution in [0, 0.1) is 0 Å². The first kappa shape index (κ1) is 59.9. The summed E-state index contributed by atoms with van der Waals surface area (Å²) >= 11 is 0. The van der Waals surface area contributed by atoms with Crippen LogP contribution in [0.4, 0.5) is 0 Å². The van der Waals surface area contributed by atoms with E-state index >= 15 is 0 Å². The maximum Gasteiger partial charge on any atom is 0.306 e. The molecule has 0 aliphatic heterocycles. The Hall–Kier alpha value is -3.15. The molecule has 0 aromatic rings. The summed E-state index contributed by atoms with van der Waals surface area (Å²) in [7, 11) is 0. The Morgan fingerprint density at radius 2 is 0.635 bits per heavy atom. The Labute approximate surface area is 389 Å². The van der Waals surface area contributed by atoms with E-state index in [1.807, 2.05) is 18.2 Å². The molecule has 0 heterocycles. The summed E-state index contributed by atoms with van der Waals surface area (Å²) in [5.74, 6) is -0.933. The van der Waals surface area contributed by atoms with Crippen molar-refractivity contribution in [2.24, 2.45) is 0 Å². The SMILES string of the molecule is CC\C=C/C=C\C=C/C=C\CCCCCCCC(=O)OC(COC(=O)CCCCC/C=C\CCCCCCCC)COC(=O)CCCCCCCCC/C=C\CCCCCCCC. The van der Waals surface area contributed by atoms with Crippen molar-refractivity contribution in [3.63, 3.8) is 0 Å². The van der Waals surface area contributed by atoms with E-state index in [-0.39, 0.29) is 31.1 Å². The number of carbonyl (C=O) groups is 3. The molecule has 6 heteroatoms. The van der Waals surface area contributed by atoms with Crippen molar-refractivity contribution in [1.29, 1.82) is 0 Å². The van der Waals surface area contributed by atoms with Crippen molar-refractivity contribution in [3.05, 3.63) is 72.9 Å². The quantitative estimate of drug-likeness (QED) is 0.0199. The second-order valence-electron chi connectivity index (χ2n) is 17.5. The minimum atomic E-state index is -0.795. The van der Waals surface area contributed by atoms with Crippen LogP contribution < -0.4 is 0 Å². The van der Waals surface area contributed by atoms with E-state index in [9.17, 15) is 14.4 Å². The first-order chi connectivity index (χ1) is 31.0. The van der Waals surface area contributed by atoms with Gasteiger partial charge in [0.15, 0.2) is 6.10 Å². The first-order valence-corrected chi connectivity index (χ1v) is 26.5. The Kier molecular flexibility index (Phi) is 48.9. The third-order valence-corrected chi connectivity index (χ3v) is 11.3. The maximum absolute atomic E-state index is 12.8. The molecule has 0 fully saturated rings. The van der Waals surface area contributed by atoms with Crippen molar-refractivity contribution in [2.75, 3.05) is 13.2 Å². The van der Waals surface area contributed by atoms with Gasteiger partial charge in [-0.15, -0.1) is 0 Å². The fraction of sp³-hybridized carbons (Fsp3) is 0.737. The monoisotopic (exact) mass is 879 g/mol. The van der Waals surface area contributed by atoms with Crippen molar-refractivity contribution < 1.29 is 28.6 Å². The van der Waals surface area contributed by atoms with Crippen molar-refractivity contribution in [2.45, 2.75) is 258 Å². The van der Waals surface area contributed by atoms with Crippen LogP contribution in [-0.2, 0) is 28.6 Å². The molecule has 0 aromatic carbocycles. The van der Waals surface area contributed by atoms with Crippen LogP contribution in [0.2, 0.25) is 0 Å². The van der Waals surface area contributed by atoms with Crippen molar-refractivity contribution in [3.8, 4) is 0 Å². The number of rotatable bonds is 47. The summed E-state index contributed by atoms with van der Waals surface area (Å²) in [6.45, 7) is 6.46. The van der Waals surface area contributed by atoms with E-state index in [4.69, 9.17) is 14.2 Å². The van der Waals surface area contributed by atoms with E-state index in [0.717, 1.165) is 96.3 Å². The molecule has 0 aromatic heterocycles. The van der Waals surface area contributed by atoms with E-state index in [2.05, 4.69) is 75.5 Å². The summed E-state index contributed by atoms with van der Waals surface area (Å²) in [6.07, 6.45) is 64.5. The molecule has 0 bridgehead atoms. The maximum atomic E-state index is 12.8. The largest absolute Gasteiger partial charge is 0.462 e. The molecule has 1 unspecified atom stereocenters. The lowest BCUT2D eigenvalue weighted by Gasteiger charge is -2.18. The molecular weight excluding hydrogens is 781 g/mol. The summed E-state index contributed by atoms with van der Waals surface area (Å²) in [5.41, 5.74) is 0. The second-order valence-corrected chi connectivity index (χ2v) is 17.5. The van der Waals surface area contributed by atoms with Gasteiger partial charge in [0.05, 0.1) is 0 Å². The zero-order valence-electron chi connectivity index (χ0n) is 41.3. The third kappa shape index (κ3) is 49.7. The Balaban J connectivity index is 4.43. The van der Waals surface area contributed by atoms with Crippen molar-refractivity contribution >= 4 is 17.9 Å². The average Bonchev–Trinajstić information content (AvgIpc) is 3.28. The number of hydrogen-bond donors (Lipinski definition) is 0. The fourth-order valence-corrected chi connectivity index (χ4v) is 7.27. The number of carbonyl (C=O) groups excluding carboxylic acids is 3. The fourth-order valence-electron chi connectivity index (χ4n) is 7.27. The van der Waals surface area contributed by atoms with Gasteiger partial charge in [0.2, 0.25) is 0 Å². The van der Waals surface area contributed by atoms with Crippen LogP contribution in [0.1, 0.15) is 252 Å². The smallest absolute Gasteiger partial charge is 0.306 e. The Bertz CT molecular complexity index is 1190. The predicted octanol–water partition coefficient (Wildman–Crippen LogP) is 17.4. The number of ether oxygens (including phenoxy) is 3. The molecule has 0 aliphatic rings. The third-order valence-electron chi connectivity index (χ3n) is 11.3. The standard InChI is InChI=1S/C57H98O6/c1-4-7-10-13-16-19-22-25-27-28-30-32-35-38-41-44-47-50-56(59)62-53-54(52-61-55(58)49-46-43-40-37-34-31-24-21-18-15-12-9-6-3)63-57(60)51-48-45-42-39-36-33-29-26-23-20-17-14-11-8-5-2/h8,11,14,17,20,23,25-27,29,31,34,54H,4-7,9-10,12-13,15-16,18-19,21-22,24,28,30,32-33,35-53H2,1-3H3/b11-8-,17-14-,23-20-,27-25-,29-26-,34-31-. The normalized spacial score (nSPS) is 12.6. The average molecular weight is 879 g/mol. The highest BCUT2D eigenvalue weighted by atomic mass is 16.6. The summed E-state index contributed by atoms with van der Waals surface area (Å²) in [6, 6.07) is 0. The van der Waals surface area contributed by atoms with Crippen LogP contribution in [0.3, 0.4) is 0 Å². The lowest BCUT2D eigenvalue weighted by Crippen LogP contribution is -2.30. The molecule has 0 saturated heterocycles.